The van der Waals surface area contributed by atoms with E-state index in [2.05, 4.69) is 58.0 Å². The van der Waals surface area contributed by atoms with Crippen LogP contribution in [0.25, 0.3) is 0 Å². The van der Waals surface area contributed by atoms with Crippen molar-refractivity contribution in [2.45, 2.75) is 82.3 Å². The van der Waals surface area contributed by atoms with E-state index >= 15 is 0 Å². The minimum Gasteiger partial charge on any atom is -0.343 e. The van der Waals surface area contributed by atoms with Gasteiger partial charge in [-0.1, -0.05) is 70.2 Å². The number of benzene rings is 2. The first kappa shape index (κ1) is 28.7. The Labute approximate surface area is 243 Å². The quantitative estimate of drug-likeness (QED) is 0.409. The van der Waals surface area contributed by atoms with Crippen LogP contribution in [0.3, 0.4) is 0 Å². The van der Waals surface area contributed by atoms with E-state index in [-0.39, 0.29) is 40.2 Å². The molecule has 2 saturated heterocycles. The Morgan fingerprint density at radius 1 is 1.02 bits per heavy atom. The summed E-state index contributed by atoms with van der Waals surface area (Å²) in [5.74, 6) is 1.14. The second-order valence-corrected chi connectivity index (χ2v) is 13.8. The van der Waals surface area contributed by atoms with Gasteiger partial charge in [0.2, 0.25) is 17.7 Å². The third-order valence-electron chi connectivity index (χ3n) is 8.99. The molecule has 5 rings (SSSR count). The molecule has 3 amide bonds. The zero-order valence-corrected chi connectivity index (χ0v) is 25.4. The van der Waals surface area contributed by atoms with Gasteiger partial charge in [0.15, 0.2) is 0 Å². The molecule has 0 bridgehead atoms. The Balaban J connectivity index is 1.28. The Morgan fingerprint density at radius 3 is 2.35 bits per heavy atom. The zero-order chi connectivity index (χ0) is 28.6. The van der Waals surface area contributed by atoms with E-state index < -0.39 is 0 Å². The van der Waals surface area contributed by atoms with Crippen molar-refractivity contribution in [3.8, 4) is 0 Å². The molecule has 3 aliphatic rings. The van der Waals surface area contributed by atoms with Gasteiger partial charge in [-0.25, -0.2) is 0 Å². The first-order valence-corrected chi connectivity index (χ1v) is 15.7. The molecule has 0 radical (unpaired) electrons. The van der Waals surface area contributed by atoms with Gasteiger partial charge in [-0.05, 0) is 53.9 Å². The minimum absolute atomic E-state index is 0.0439. The van der Waals surface area contributed by atoms with Gasteiger partial charge in [0.05, 0.1) is 5.25 Å². The highest BCUT2D eigenvalue weighted by molar-refractivity contribution is 8.01. The van der Waals surface area contributed by atoms with Crippen LogP contribution in [0, 0.1) is 5.92 Å². The summed E-state index contributed by atoms with van der Waals surface area (Å²) in [4.78, 5) is 45.5. The number of piperidine rings is 1. The van der Waals surface area contributed by atoms with Gasteiger partial charge >= 0.3 is 0 Å². The number of nitrogens with zero attached hydrogens (tertiary/aromatic N) is 3. The average molecular weight is 562 g/mol. The Bertz CT molecular complexity index is 1250. The Kier molecular flexibility index (Phi) is 8.32. The van der Waals surface area contributed by atoms with Crippen molar-refractivity contribution in [2.75, 3.05) is 31.1 Å². The highest BCUT2D eigenvalue weighted by atomic mass is 32.2. The van der Waals surface area contributed by atoms with Gasteiger partial charge in [0, 0.05) is 50.6 Å². The molecule has 3 heterocycles. The Morgan fingerprint density at radius 2 is 1.73 bits per heavy atom. The van der Waals surface area contributed by atoms with Crippen LogP contribution in [-0.2, 0) is 19.8 Å². The summed E-state index contributed by atoms with van der Waals surface area (Å²) in [5, 5.41) is -0.396. The van der Waals surface area contributed by atoms with Crippen molar-refractivity contribution in [2.24, 2.45) is 5.92 Å². The number of hydrogen-bond donors (Lipinski definition) is 0. The lowest BCUT2D eigenvalue weighted by atomic mass is 9.73. The summed E-state index contributed by atoms with van der Waals surface area (Å²) in [6.45, 7) is 13.1. The van der Waals surface area contributed by atoms with Gasteiger partial charge in [-0.15, -0.1) is 11.8 Å². The summed E-state index contributed by atoms with van der Waals surface area (Å²) in [6, 6.07) is 16.7. The van der Waals surface area contributed by atoms with Crippen LogP contribution in [-0.4, -0.2) is 59.0 Å². The number of amides is 3. The van der Waals surface area contributed by atoms with Gasteiger partial charge in [0.25, 0.3) is 0 Å². The highest BCUT2D eigenvalue weighted by Crippen LogP contribution is 2.49. The maximum Gasteiger partial charge on any atom is 0.237 e. The number of carbonyl (C=O) groups excluding carboxylic acids is 3. The lowest BCUT2D eigenvalue weighted by Crippen LogP contribution is -2.48. The molecule has 2 atom stereocenters. The second kappa shape index (κ2) is 11.6. The molecule has 6 nitrogen and oxygen atoms in total. The monoisotopic (exact) mass is 561 g/mol. The predicted octanol–water partition coefficient (Wildman–Crippen LogP) is 6.12. The maximum absolute atomic E-state index is 13.6. The molecule has 2 fully saturated rings. The van der Waals surface area contributed by atoms with Crippen LogP contribution in [0.4, 0.5) is 5.69 Å². The maximum atomic E-state index is 13.6. The van der Waals surface area contributed by atoms with E-state index in [1.54, 1.807) is 18.7 Å². The molecule has 0 aromatic heterocycles. The van der Waals surface area contributed by atoms with Crippen molar-refractivity contribution in [3.63, 3.8) is 0 Å². The third-order valence-corrected chi connectivity index (χ3v) is 10.5. The van der Waals surface area contributed by atoms with E-state index in [1.807, 2.05) is 32.9 Å². The molecule has 214 valence electrons. The fourth-order valence-electron chi connectivity index (χ4n) is 6.45. The molecular formula is C33H43N3O3S. The molecule has 2 aromatic rings. The van der Waals surface area contributed by atoms with E-state index in [0.717, 1.165) is 30.5 Å². The number of rotatable bonds is 7. The van der Waals surface area contributed by atoms with Crippen molar-refractivity contribution in [1.82, 2.24) is 9.80 Å². The molecule has 0 N–H and O–H groups in total. The van der Waals surface area contributed by atoms with E-state index in [0.29, 0.717) is 38.0 Å². The fourth-order valence-corrected chi connectivity index (χ4v) is 7.92. The zero-order valence-electron chi connectivity index (χ0n) is 24.6. The topological polar surface area (TPSA) is 60.9 Å². The molecule has 7 heteroatoms. The second-order valence-electron chi connectivity index (χ2n) is 12.5. The van der Waals surface area contributed by atoms with E-state index in [9.17, 15) is 14.4 Å². The lowest BCUT2D eigenvalue weighted by molar-refractivity contribution is -0.137. The molecular weight excluding hydrogens is 518 g/mol. The predicted molar refractivity (Wildman–Crippen MR) is 162 cm³/mol. The molecule has 2 aromatic carbocycles. The van der Waals surface area contributed by atoms with Gasteiger partial charge in [-0.2, -0.15) is 0 Å². The first-order valence-electron chi connectivity index (χ1n) is 14.8. The number of hydrogen-bond acceptors (Lipinski definition) is 4. The SMILES string of the molecule is CC(=O)N1CC2(CCN(C(=O)CC3SC(c4ccccc4)N(CCC(C)C)C3=O)CC2)c2cc(C(C)C)ccc21. The normalized spacial score (nSPS) is 22.1. The van der Waals surface area contributed by atoms with Gasteiger partial charge < -0.3 is 14.7 Å². The highest BCUT2D eigenvalue weighted by Gasteiger charge is 2.47. The van der Waals surface area contributed by atoms with Crippen LogP contribution in [0.1, 0.15) is 88.3 Å². The summed E-state index contributed by atoms with van der Waals surface area (Å²) in [7, 11) is 0. The van der Waals surface area contributed by atoms with Crippen LogP contribution >= 0.6 is 11.8 Å². The fraction of sp³-hybridized carbons (Fsp3) is 0.545. The molecule has 3 aliphatic heterocycles. The smallest absolute Gasteiger partial charge is 0.237 e. The number of anilines is 1. The van der Waals surface area contributed by atoms with Crippen molar-refractivity contribution >= 4 is 35.2 Å². The van der Waals surface area contributed by atoms with E-state index in [4.69, 9.17) is 0 Å². The van der Waals surface area contributed by atoms with Crippen molar-refractivity contribution < 1.29 is 14.4 Å². The van der Waals surface area contributed by atoms with E-state index in [1.165, 1.54) is 11.1 Å². The van der Waals surface area contributed by atoms with Crippen molar-refractivity contribution in [1.29, 1.82) is 0 Å². The Hall–Kier alpha value is -2.80. The van der Waals surface area contributed by atoms with Crippen LogP contribution in [0.5, 0.6) is 0 Å². The molecule has 0 saturated carbocycles. The van der Waals surface area contributed by atoms with Crippen LogP contribution < -0.4 is 4.90 Å². The van der Waals surface area contributed by atoms with Gasteiger partial charge in [-0.3, -0.25) is 14.4 Å². The summed E-state index contributed by atoms with van der Waals surface area (Å²) < 4.78 is 0. The third kappa shape index (κ3) is 5.54. The summed E-state index contributed by atoms with van der Waals surface area (Å²) >= 11 is 1.63. The van der Waals surface area contributed by atoms with Gasteiger partial charge in [0.1, 0.15) is 5.37 Å². The average Bonchev–Trinajstić information content (AvgIpc) is 3.42. The van der Waals surface area contributed by atoms with Crippen molar-refractivity contribution in [3.05, 3.63) is 65.2 Å². The van der Waals surface area contributed by atoms with Crippen LogP contribution in [0.15, 0.2) is 48.5 Å². The molecule has 40 heavy (non-hydrogen) atoms. The molecule has 0 aliphatic carbocycles. The molecule has 2 unspecified atom stereocenters. The molecule has 1 spiro atoms. The van der Waals surface area contributed by atoms with Crippen LogP contribution in [0.2, 0.25) is 0 Å². The number of likely N-dealkylation sites (tertiary alicyclic amines) is 1. The lowest BCUT2D eigenvalue weighted by Gasteiger charge is -2.40. The number of fused-ring (bicyclic) bond motifs is 2. The minimum atomic E-state index is -0.352. The standard InChI is InChI=1S/C33H43N3O3S/c1-22(2)13-16-35-31(39)29(40-32(35)25-9-7-6-8-10-25)20-30(38)34-17-14-33(15-18-34)21-36(24(5)37)28-12-11-26(23(3)4)19-27(28)33/h6-12,19,22-23,29,32H,13-18,20-21H2,1-5H3. The summed E-state index contributed by atoms with van der Waals surface area (Å²) in [6.07, 6.45) is 2.85. The number of thioether (sulfide) groups is 1. The summed E-state index contributed by atoms with van der Waals surface area (Å²) in [5.41, 5.74) is 4.57. The first-order chi connectivity index (χ1) is 19.1. The largest absolute Gasteiger partial charge is 0.343 e. The number of carbonyl (C=O) groups is 3.